The highest BCUT2D eigenvalue weighted by atomic mass is 19.4. The first-order valence-electron chi connectivity index (χ1n) is 5.79. The van der Waals surface area contributed by atoms with Crippen LogP contribution in [0.4, 0.5) is 13.2 Å². The van der Waals surface area contributed by atoms with Crippen molar-refractivity contribution in [1.82, 2.24) is 10.3 Å². The summed E-state index contributed by atoms with van der Waals surface area (Å²) in [7, 11) is 0. The second-order valence-electron chi connectivity index (χ2n) is 3.97. The minimum atomic E-state index is -4.37. The van der Waals surface area contributed by atoms with E-state index in [1.54, 1.807) is 6.92 Å². The molecule has 108 valence electrons. The average Bonchev–Trinajstić information content (AvgIpc) is 2.41. The number of hydrogen-bond acceptors (Lipinski definition) is 3. The molecule has 1 rings (SSSR count). The monoisotopic (exact) mass is 284 g/mol. The van der Waals surface area contributed by atoms with Crippen molar-refractivity contribution in [3.8, 4) is 0 Å². The lowest BCUT2D eigenvalue weighted by Gasteiger charge is -2.13. The summed E-state index contributed by atoms with van der Waals surface area (Å²) < 4.78 is 37.1. The third kappa shape index (κ3) is 4.58. The van der Waals surface area contributed by atoms with Gasteiger partial charge in [0.15, 0.2) is 0 Å². The lowest BCUT2D eigenvalue weighted by molar-refractivity contribution is -0.137. The largest absolute Gasteiger partial charge is 0.417 e. The van der Waals surface area contributed by atoms with Crippen molar-refractivity contribution in [2.24, 2.45) is 9.98 Å². The fourth-order valence-corrected chi connectivity index (χ4v) is 1.43. The van der Waals surface area contributed by atoms with Crippen molar-refractivity contribution in [2.75, 3.05) is 0 Å². The Morgan fingerprint density at radius 1 is 1.50 bits per heavy atom. The van der Waals surface area contributed by atoms with Crippen LogP contribution in [0.15, 0.2) is 41.1 Å². The zero-order valence-corrected chi connectivity index (χ0v) is 11.0. The molecule has 4 nitrogen and oxygen atoms in total. The Hall–Kier alpha value is -2.02. The summed E-state index contributed by atoms with van der Waals surface area (Å²) in [6.07, 6.45) is -2.21. The number of pyridine rings is 1. The topological polar surface area (TPSA) is 49.6 Å². The van der Waals surface area contributed by atoms with Crippen LogP contribution < -0.4 is 5.32 Å². The number of alkyl halides is 3. The van der Waals surface area contributed by atoms with Gasteiger partial charge in [0.25, 0.3) is 0 Å². The zero-order chi connectivity index (χ0) is 15.2. The maximum absolute atomic E-state index is 12.4. The molecule has 0 saturated carbocycles. The Labute approximate surface area is 115 Å². The van der Waals surface area contributed by atoms with E-state index in [0.29, 0.717) is 18.1 Å². The van der Waals surface area contributed by atoms with Crippen molar-refractivity contribution in [3.63, 3.8) is 0 Å². The molecule has 7 heteroatoms. The van der Waals surface area contributed by atoms with Gasteiger partial charge in [-0.2, -0.15) is 13.2 Å². The normalized spacial score (nSPS) is 13.9. The molecule has 0 aliphatic heterocycles. The zero-order valence-electron chi connectivity index (χ0n) is 11.0. The van der Waals surface area contributed by atoms with Gasteiger partial charge >= 0.3 is 6.18 Å². The van der Waals surface area contributed by atoms with Gasteiger partial charge in [-0.05, 0) is 25.8 Å². The Balaban J connectivity index is 2.64. The van der Waals surface area contributed by atoms with Crippen LogP contribution in [0, 0.1) is 0 Å². The van der Waals surface area contributed by atoms with Crippen molar-refractivity contribution in [1.29, 1.82) is 0 Å². The van der Waals surface area contributed by atoms with Gasteiger partial charge in [0.1, 0.15) is 5.84 Å². The summed E-state index contributed by atoms with van der Waals surface area (Å²) in [6, 6.07) is 2.11. The number of nitrogens with zero attached hydrogens (tertiary/aromatic N) is 3. The molecule has 0 aliphatic carbocycles. The third-order valence-electron chi connectivity index (χ3n) is 2.51. The summed E-state index contributed by atoms with van der Waals surface area (Å²) in [5, 5.41) is 3.04. The van der Waals surface area contributed by atoms with Gasteiger partial charge in [-0.25, -0.2) is 9.98 Å². The molecule has 0 aliphatic rings. The molecule has 0 spiro atoms. The Bertz CT molecular complexity index is 491. The highest BCUT2D eigenvalue weighted by molar-refractivity contribution is 5.91. The molecule has 1 heterocycles. The highest BCUT2D eigenvalue weighted by Gasteiger charge is 2.30. The molecule has 1 aromatic heterocycles. The van der Waals surface area contributed by atoms with Gasteiger partial charge < -0.3 is 5.32 Å². The quantitative estimate of drug-likeness (QED) is 0.667. The van der Waals surface area contributed by atoms with E-state index in [1.807, 2.05) is 0 Å². The molecule has 0 bridgehead atoms. The Morgan fingerprint density at radius 2 is 2.20 bits per heavy atom. The van der Waals surface area contributed by atoms with Gasteiger partial charge in [-0.3, -0.25) is 4.98 Å². The fraction of sp³-hybridized carbons (Fsp3) is 0.308. The predicted octanol–water partition coefficient (Wildman–Crippen LogP) is 2.82. The summed E-state index contributed by atoms with van der Waals surface area (Å²) in [4.78, 5) is 11.4. The first-order chi connectivity index (χ1) is 9.38. The van der Waals surface area contributed by atoms with Gasteiger partial charge in [0.05, 0.1) is 17.3 Å². The van der Waals surface area contributed by atoms with Crippen molar-refractivity contribution < 1.29 is 13.2 Å². The summed E-state index contributed by atoms with van der Waals surface area (Å²) in [5.74, 6) is 0.451. The van der Waals surface area contributed by atoms with E-state index in [0.717, 1.165) is 12.3 Å². The van der Waals surface area contributed by atoms with Gasteiger partial charge in [0, 0.05) is 18.9 Å². The van der Waals surface area contributed by atoms with E-state index in [1.165, 1.54) is 12.3 Å². The third-order valence-corrected chi connectivity index (χ3v) is 2.51. The van der Waals surface area contributed by atoms with E-state index in [4.69, 9.17) is 0 Å². The first kappa shape index (κ1) is 16.0. The second-order valence-corrected chi connectivity index (χ2v) is 3.97. The summed E-state index contributed by atoms with van der Waals surface area (Å²) in [5.41, 5.74) is -0.275. The predicted molar refractivity (Wildman–Crippen MR) is 72.7 cm³/mol. The lowest BCUT2D eigenvalue weighted by Crippen LogP contribution is -2.32. The average molecular weight is 284 g/mol. The molecule has 0 fully saturated rings. The number of aromatic nitrogens is 1. The number of amidine groups is 1. The number of aliphatic imine (C=N–C) groups is 2. The minimum absolute atomic E-state index is 0.213. The molecular weight excluding hydrogens is 269 g/mol. The smallest absolute Gasteiger partial charge is 0.302 e. The number of rotatable bonds is 5. The second kappa shape index (κ2) is 6.95. The molecule has 1 unspecified atom stereocenters. The molecule has 0 saturated heterocycles. The number of hydrogen-bond donors (Lipinski definition) is 1. The molecule has 1 aromatic rings. The van der Waals surface area contributed by atoms with E-state index in [9.17, 15) is 13.2 Å². The molecule has 1 atom stereocenters. The fourth-order valence-electron chi connectivity index (χ4n) is 1.43. The molecule has 20 heavy (non-hydrogen) atoms. The number of halogens is 3. The minimum Gasteiger partial charge on any atom is -0.302 e. The van der Waals surface area contributed by atoms with Crippen LogP contribution in [0.1, 0.15) is 18.2 Å². The molecule has 0 aromatic carbocycles. The van der Waals surface area contributed by atoms with Crippen LogP contribution in [-0.2, 0) is 12.7 Å². The van der Waals surface area contributed by atoms with E-state index in [-0.39, 0.29) is 6.04 Å². The van der Waals surface area contributed by atoms with Gasteiger partial charge in [-0.1, -0.05) is 6.58 Å². The maximum atomic E-state index is 12.4. The number of nitrogens with one attached hydrogen (secondary N) is 1. The van der Waals surface area contributed by atoms with E-state index in [2.05, 4.69) is 33.6 Å². The lowest BCUT2D eigenvalue weighted by atomic mass is 10.2. The van der Waals surface area contributed by atoms with Gasteiger partial charge in [0.2, 0.25) is 0 Å². The summed E-state index contributed by atoms with van der Waals surface area (Å²) >= 11 is 0. The molecular formula is C13H15F3N4. The van der Waals surface area contributed by atoms with Crippen LogP contribution in [-0.4, -0.2) is 23.6 Å². The highest BCUT2D eigenvalue weighted by Crippen LogP contribution is 2.28. The molecule has 1 N–H and O–H groups in total. The van der Waals surface area contributed by atoms with Crippen LogP contribution in [0.5, 0.6) is 0 Å². The maximum Gasteiger partial charge on any atom is 0.417 e. The van der Waals surface area contributed by atoms with Crippen LogP contribution in [0.3, 0.4) is 0 Å². The Kier molecular flexibility index (Phi) is 5.57. The molecule has 0 radical (unpaired) electrons. The van der Waals surface area contributed by atoms with Crippen molar-refractivity contribution in [2.45, 2.75) is 25.7 Å². The van der Waals surface area contributed by atoms with E-state index < -0.39 is 11.7 Å². The van der Waals surface area contributed by atoms with Crippen LogP contribution in [0.2, 0.25) is 0 Å². The van der Waals surface area contributed by atoms with E-state index >= 15 is 0 Å². The van der Waals surface area contributed by atoms with Crippen molar-refractivity contribution in [3.05, 3.63) is 42.4 Å². The first-order valence-corrected chi connectivity index (χ1v) is 5.79. The van der Waals surface area contributed by atoms with Crippen molar-refractivity contribution >= 4 is 12.6 Å². The van der Waals surface area contributed by atoms with Gasteiger partial charge in [-0.15, -0.1) is 0 Å². The van der Waals surface area contributed by atoms with Crippen LogP contribution >= 0.6 is 0 Å². The Morgan fingerprint density at radius 3 is 2.65 bits per heavy atom. The standard InChI is InChI=1S/C13H15F3N4/c1-4-18-12(17-3)9(2)19-8-11-6-5-10(7-20-11)13(14,15)16/h4-7,9,19H,1,3,8H2,2H3. The van der Waals surface area contributed by atoms with Crippen LogP contribution in [0.25, 0.3) is 0 Å². The SMILES string of the molecule is C=CN=C(N=C)C(C)NCc1ccc(C(F)(F)F)cn1. The molecule has 0 amide bonds. The summed E-state index contributed by atoms with van der Waals surface area (Å²) in [6.45, 7) is 8.95.